The van der Waals surface area contributed by atoms with Gasteiger partial charge in [-0.1, -0.05) is 42.1 Å². The van der Waals surface area contributed by atoms with Gasteiger partial charge in [-0.05, 0) is 25.0 Å². The van der Waals surface area contributed by atoms with Gasteiger partial charge in [-0.2, -0.15) is 0 Å². The van der Waals surface area contributed by atoms with Crippen LogP contribution in [-0.4, -0.2) is 43.8 Å². The number of ether oxygens (including phenoxy) is 1. The van der Waals surface area contributed by atoms with Crippen LogP contribution in [0.4, 0.5) is 0 Å². The molecule has 0 fully saturated rings. The maximum atomic E-state index is 12.2. The molecule has 0 radical (unpaired) electrons. The largest absolute Gasteiger partial charge is 0.465 e. The van der Waals surface area contributed by atoms with Crippen LogP contribution in [0.3, 0.4) is 0 Å². The van der Waals surface area contributed by atoms with E-state index in [1.807, 2.05) is 24.3 Å². The molecule has 0 aromatic heterocycles. The summed E-state index contributed by atoms with van der Waals surface area (Å²) in [6.07, 6.45) is 2.70. The molecule has 0 amide bonds. The number of esters is 1. The van der Waals surface area contributed by atoms with Crippen molar-refractivity contribution in [1.82, 2.24) is 0 Å². The number of nitrogens with zero attached hydrogens (tertiary/aromatic N) is 1. The van der Waals surface area contributed by atoms with E-state index in [9.17, 15) is 13.2 Å². The molecule has 136 valence electrons. The lowest BCUT2D eigenvalue weighted by atomic mass is 9.97. The predicted octanol–water partition coefficient (Wildman–Crippen LogP) is 2.58. The second kappa shape index (κ2) is 7.39. The Morgan fingerprint density at radius 3 is 2.60 bits per heavy atom. The third-order valence-electron chi connectivity index (χ3n) is 4.36. The first-order chi connectivity index (χ1) is 11.7. The van der Waals surface area contributed by atoms with Crippen LogP contribution in [-0.2, 0) is 24.2 Å². The highest BCUT2D eigenvalue weighted by atomic mass is 32.2. The van der Waals surface area contributed by atoms with E-state index in [0.717, 1.165) is 23.1 Å². The standard InChI is InChI=1S/C18H23NO5S/c1-5-13-7-9-14(10-8-13)16-11-15(24-19-16)12-18(3,25(4,21)22)17(20)23-6-2/h5,7-10,15H,1,6,11-12H2,2-4H3/t15-,18-/m1/s1. The first kappa shape index (κ1) is 19.2. The van der Waals surface area contributed by atoms with Crippen LogP contribution >= 0.6 is 0 Å². The van der Waals surface area contributed by atoms with E-state index in [0.29, 0.717) is 6.42 Å². The Kier molecular flexibility index (Phi) is 5.67. The minimum atomic E-state index is -3.68. The minimum absolute atomic E-state index is 0.0115. The van der Waals surface area contributed by atoms with Gasteiger partial charge in [-0.25, -0.2) is 8.42 Å². The van der Waals surface area contributed by atoms with Crippen molar-refractivity contribution in [3.8, 4) is 0 Å². The van der Waals surface area contributed by atoms with Crippen LogP contribution in [0.1, 0.15) is 37.8 Å². The number of hydrogen-bond donors (Lipinski definition) is 0. The lowest BCUT2D eigenvalue weighted by molar-refractivity contribution is -0.146. The summed E-state index contributed by atoms with van der Waals surface area (Å²) < 4.78 is 27.7. The topological polar surface area (TPSA) is 82.0 Å². The number of oxime groups is 1. The van der Waals surface area contributed by atoms with Gasteiger partial charge >= 0.3 is 5.97 Å². The Morgan fingerprint density at radius 1 is 1.44 bits per heavy atom. The van der Waals surface area contributed by atoms with E-state index >= 15 is 0 Å². The maximum absolute atomic E-state index is 12.2. The molecule has 0 saturated heterocycles. The van der Waals surface area contributed by atoms with E-state index in [2.05, 4.69) is 11.7 Å². The molecule has 25 heavy (non-hydrogen) atoms. The van der Waals surface area contributed by atoms with Crippen LogP contribution < -0.4 is 0 Å². The van der Waals surface area contributed by atoms with Gasteiger partial charge in [0.25, 0.3) is 0 Å². The van der Waals surface area contributed by atoms with Crippen molar-refractivity contribution >= 4 is 27.6 Å². The summed E-state index contributed by atoms with van der Waals surface area (Å²) in [5, 5.41) is 4.06. The molecule has 0 aliphatic carbocycles. The number of hydrogen-bond acceptors (Lipinski definition) is 6. The molecule has 2 atom stereocenters. The Hall–Kier alpha value is -2.15. The number of carbonyl (C=O) groups is 1. The summed E-state index contributed by atoms with van der Waals surface area (Å²) in [6.45, 7) is 6.84. The fourth-order valence-electron chi connectivity index (χ4n) is 2.62. The van der Waals surface area contributed by atoms with Gasteiger partial charge in [-0.15, -0.1) is 0 Å². The van der Waals surface area contributed by atoms with Gasteiger partial charge in [-0.3, -0.25) is 4.79 Å². The van der Waals surface area contributed by atoms with Crippen molar-refractivity contribution in [2.75, 3.05) is 12.9 Å². The summed E-state index contributed by atoms with van der Waals surface area (Å²) in [5.41, 5.74) is 2.61. The van der Waals surface area contributed by atoms with Crippen LogP contribution in [0, 0.1) is 0 Å². The Labute approximate surface area is 148 Å². The molecule has 0 N–H and O–H groups in total. The average Bonchev–Trinajstić information content (AvgIpc) is 3.02. The van der Waals surface area contributed by atoms with Gasteiger partial charge in [0.15, 0.2) is 14.6 Å². The maximum Gasteiger partial charge on any atom is 0.327 e. The van der Waals surface area contributed by atoms with E-state index < -0.39 is 26.7 Å². The molecule has 6 nitrogen and oxygen atoms in total. The van der Waals surface area contributed by atoms with E-state index in [1.165, 1.54) is 6.92 Å². The SMILES string of the molecule is C=Cc1ccc(C2=NO[C@@H](C[C@](C)(C(=O)OCC)S(C)(=O)=O)C2)cc1. The fraction of sp³-hybridized carbons (Fsp3) is 0.444. The van der Waals surface area contributed by atoms with Crippen molar-refractivity contribution in [1.29, 1.82) is 0 Å². The molecule has 0 bridgehead atoms. The first-order valence-corrected chi connectivity index (χ1v) is 9.92. The van der Waals surface area contributed by atoms with Crippen LogP contribution in [0.15, 0.2) is 36.0 Å². The molecule has 0 unspecified atom stereocenters. The summed E-state index contributed by atoms with van der Waals surface area (Å²) in [6, 6.07) is 7.64. The lowest BCUT2D eigenvalue weighted by Gasteiger charge is -2.27. The lowest BCUT2D eigenvalue weighted by Crippen LogP contribution is -2.47. The molecule has 7 heteroatoms. The summed E-state index contributed by atoms with van der Waals surface area (Å²) >= 11 is 0. The predicted molar refractivity (Wildman–Crippen MR) is 97.1 cm³/mol. The monoisotopic (exact) mass is 365 g/mol. The number of benzene rings is 1. The highest BCUT2D eigenvalue weighted by molar-refractivity contribution is 7.92. The fourth-order valence-corrected chi connectivity index (χ4v) is 3.47. The Balaban J connectivity index is 2.13. The van der Waals surface area contributed by atoms with E-state index in [4.69, 9.17) is 9.57 Å². The Bertz CT molecular complexity index is 782. The molecule has 1 aliphatic heterocycles. The van der Waals surface area contributed by atoms with Crippen molar-refractivity contribution < 1.29 is 22.8 Å². The highest BCUT2D eigenvalue weighted by Crippen LogP contribution is 2.30. The number of carbonyl (C=O) groups excluding carboxylic acids is 1. The summed E-state index contributed by atoms with van der Waals surface area (Å²) in [7, 11) is -3.68. The molecule has 1 aliphatic rings. The van der Waals surface area contributed by atoms with Crippen LogP contribution in [0.25, 0.3) is 6.08 Å². The zero-order valence-electron chi connectivity index (χ0n) is 14.7. The van der Waals surface area contributed by atoms with Crippen molar-refractivity contribution in [3.05, 3.63) is 42.0 Å². The molecule has 1 aromatic carbocycles. The third kappa shape index (κ3) is 4.10. The van der Waals surface area contributed by atoms with Crippen molar-refractivity contribution in [2.45, 2.75) is 37.5 Å². The highest BCUT2D eigenvalue weighted by Gasteiger charge is 2.48. The average molecular weight is 365 g/mol. The summed E-state index contributed by atoms with van der Waals surface area (Å²) in [5.74, 6) is -0.759. The normalized spacial score (nSPS) is 19.5. The van der Waals surface area contributed by atoms with Gasteiger partial charge in [0, 0.05) is 19.1 Å². The zero-order valence-corrected chi connectivity index (χ0v) is 15.5. The number of rotatable bonds is 7. The molecule has 0 saturated carbocycles. The van der Waals surface area contributed by atoms with Gasteiger partial charge in [0.05, 0.1) is 12.3 Å². The van der Waals surface area contributed by atoms with E-state index in [1.54, 1.807) is 13.0 Å². The molecule has 0 spiro atoms. The van der Waals surface area contributed by atoms with Gasteiger partial charge in [0.2, 0.25) is 0 Å². The van der Waals surface area contributed by atoms with Crippen LogP contribution in [0.5, 0.6) is 0 Å². The first-order valence-electron chi connectivity index (χ1n) is 8.03. The number of sulfone groups is 1. The van der Waals surface area contributed by atoms with Crippen LogP contribution in [0.2, 0.25) is 0 Å². The minimum Gasteiger partial charge on any atom is -0.465 e. The summed E-state index contributed by atoms with van der Waals surface area (Å²) in [4.78, 5) is 17.6. The smallest absolute Gasteiger partial charge is 0.327 e. The second-order valence-corrected chi connectivity index (χ2v) is 8.67. The van der Waals surface area contributed by atoms with Gasteiger partial charge in [0.1, 0.15) is 6.10 Å². The van der Waals surface area contributed by atoms with Crippen molar-refractivity contribution in [3.63, 3.8) is 0 Å². The molecule has 1 aromatic rings. The quantitative estimate of drug-likeness (QED) is 0.694. The third-order valence-corrected chi connectivity index (χ3v) is 6.33. The molecular formula is C18H23NO5S. The molecule has 1 heterocycles. The van der Waals surface area contributed by atoms with Crippen molar-refractivity contribution in [2.24, 2.45) is 5.16 Å². The van der Waals surface area contributed by atoms with E-state index in [-0.39, 0.29) is 13.0 Å². The molecule has 2 rings (SSSR count). The molecular weight excluding hydrogens is 342 g/mol. The van der Waals surface area contributed by atoms with Gasteiger partial charge < -0.3 is 9.57 Å². The Morgan fingerprint density at radius 2 is 2.08 bits per heavy atom. The second-order valence-electron chi connectivity index (χ2n) is 6.22. The zero-order chi connectivity index (χ0) is 18.7.